The van der Waals surface area contributed by atoms with Crippen LogP contribution in [0.3, 0.4) is 0 Å². The van der Waals surface area contributed by atoms with Crippen molar-refractivity contribution in [2.45, 2.75) is 4.90 Å². The number of ether oxygens (including phenoxy) is 1. The molecule has 98 valence electrons. The average molecular weight is 278 g/mol. The molecule has 0 spiro atoms. The lowest BCUT2D eigenvalue weighted by molar-refractivity contribution is 0.0693. The molecule has 0 radical (unpaired) electrons. The third-order valence-electron chi connectivity index (χ3n) is 2.46. The maximum absolute atomic E-state index is 13.1. The predicted molar refractivity (Wildman–Crippen MR) is 71.7 cm³/mol. The van der Waals surface area contributed by atoms with Crippen molar-refractivity contribution in [3.63, 3.8) is 0 Å². The first-order chi connectivity index (χ1) is 9.11. The lowest BCUT2D eigenvalue weighted by atomic mass is 10.2. The Labute approximate surface area is 114 Å². The van der Waals surface area contributed by atoms with Gasteiger partial charge in [-0.05, 0) is 36.6 Å². The summed E-state index contributed by atoms with van der Waals surface area (Å²) in [7, 11) is 0. The Balaban J connectivity index is 2.41. The molecule has 2 rings (SSSR count). The maximum Gasteiger partial charge on any atom is 0.339 e. The number of benzene rings is 2. The Hall–Kier alpha value is -2.01. The molecule has 0 saturated carbocycles. The SMILES string of the molecule is CSc1ccccc1Oc1ccc(F)cc1C(=O)O. The third kappa shape index (κ3) is 3.06. The number of hydrogen-bond donors (Lipinski definition) is 1. The first-order valence-corrected chi connectivity index (χ1v) is 6.68. The van der Waals surface area contributed by atoms with Crippen molar-refractivity contribution in [2.75, 3.05) is 6.26 Å². The van der Waals surface area contributed by atoms with Crippen molar-refractivity contribution < 1.29 is 19.0 Å². The fourth-order valence-corrected chi connectivity index (χ4v) is 2.11. The number of carboxylic acids is 1. The van der Waals surface area contributed by atoms with Crippen molar-refractivity contribution in [2.24, 2.45) is 0 Å². The molecule has 0 heterocycles. The highest BCUT2D eigenvalue weighted by Gasteiger charge is 2.14. The zero-order valence-corrected chi connectivity index (χ0v) is 10.9. The molecular weight excluding hydrogens is 267 g/mol. The molecule has 2 aromatic carbocycles. The van der Waals surface area contributed by atoms with Crippen molar-refractivity contribution >= 4 is 17.7 Å². The number of hydrogen-bond acceptors (Lipinski definition) is 3. The van der Waals surface area contributed by atoms with Crippen LogP contribution in [0.1, 0.15) is 10.4 Å². The minimum atomic E-state index is -1.23. The Morgan fingerprint density at radius 2 is 1.95 bits per heavy atom. The van der Waals surface area contributed by atoms with Gasteiger partial charge in [-0.25, -0.2) is 9.18 Å². The van der Waals surface area contributed by atoms with Crippen LogP contribution >= 0.6 is 11.8 Å². The summed E-state index contributed by atoms with van der Waals surface area (Å²) in [6, 6.07) is 10.7. The Kier molecular flexibility index (Phi) is 4.06. The van der Waals surface area contributed by atoms with Crippen molar-refractivity contribution in [3.05, 3.63) is 53.8 Å². The zero-order valence-electron chi connectivity index (χ0n) is 10.1. The molecule has 0 aliphatic rings. The van der Waals surface area contributed by atoms with E-state index in [1.54, 1.807) is 12.1 Å². The van der Waals surface area contributed by atoms with Crippen LogP contribution in [0.25, 0.3) is 0 Å². The average Bonchev–Trinajstić information content (AvgIpc) is 2.41. The number of para-hydroxylation sites is 1. The van der Waals surface area contributed by atoms with Gasteiger partial charge in [-0.2, -0.15) is 0 Å². The smallest absolute Gasteiger partial charge is 0.339 e. The normalized spacial score (nSPS) is 10.2. The second-order valence-corrected chi connectivity index (χ2v) is 4.55. The van der Waals surface area contributed by atoms with E-state index >= 15 is 0 Å². The van der Waals surface area contributed by atoms with Crippen LogP contribution in [0.15, 0.2) is 47.4 Å². The monoisotopic (exact) mass is 278 g/mol. The van der Waals surface area contributed by atoms with Gasteiger partial charge in [-0.3, -0.25) is 0 Å². The summed E-state index contributed by atoms with van der Waals surface area (Å²) in [4.78, 5) is 11.9. The van der Waals surface area contributed by atoms with Crippen LogP contribution in [-0.4, -0.2) is 17.3 Å². The molecule has 3 nitrogen and oxygen atoms in total. The summed E-state index contributed by atoms with van der Waals surface area (Å²) >= 11 is 1.49. The molecule has 0 atom stereocenters. The molecule has 0 amide bonds. The van der Waals surface area contributed by atoms with E-state index in [0.29, 0.717) is 5.75 Å². The molecule has 0 unspecified atom stereocenters. The number of aromatic carboxylic acids is 1. The number of rotatable bonds is 4. The highest BCUT2D eigenvalue weighted by Crippen LogP contribution is 2.33. The highest BCUT2D eigenvalue weighted by molar-refractivity contribution is 7.98. The van der Waals surface area contributed by atoms with E-state index in [9.17, 15) is 9.18 Å². The first-order valence-electron chi connectivity index (χ1n) is 5.45. The van der Waals surface area contributed by atoms with Crippen LogP contribution in [0.5, 0.6) is 11.5 Å². The first kappa shape index (κ1) is 13.4. The second-order valence-electron chi connectivity index (χ2n) is 3.70. The maximum atomic E-state index is 13.1. The van der Waals surface area contributed by atoms with Crippen molar-refractivity contribution in [1.82, 2.24) is 0 Å². The van der Waals surface area contributed by atoms with Crippen LogP contribution in [0.4, 0.5) is 4.39 Å². The van der Waals surface area contributed by atoms with Gasteiger partial charge in [0.1, 0.15) is 22.9 Å². The summed E-state index contributed by atoms with van der Waals surface area (Å²) in [6.07, 6.45) is 1.89. The van der Waals surface area contributed by atoms with Gasteiger partial charge in [-0.15, -0.1) is 11.8 Å². The quantitative estimate of drug-likeness (QED) is 0.857. The van der Waals surface area contributed by atoms with Gasteiger partial charge < -0.3 is 9.84 Å². The van der Waals surface area contributed by atoms with E-state index in [2.05, 4.69) is 0 Å². The highest BCUT2D eigenvalue weighted by atomic mass is 32.2. The van der Waals surface area contributed by atoms with Gasteiger partial charge in [0.05, 0.1) is 0 Å². The molecule has 0 saturated heterocycles. The molecule has 0 aliphatic heterocycles. The number of carboxylic acid groups (broad SMARTS) is 1. The van der Waals surface area contributed by atoms with E-state index < -0.39 is 11.8 Å². The molecule has 0 aromatic heterocycles. The summed E-state index contributed by atoms with van der Waals surface area (Å²) in [5.74, 6) is -1.17. The van der Waals surface area contributed by atoms with Crippen LogP contribution < -0.4 is 4.74 Å². The molecule has 5 heteroatoms. The minimum Gasteiger partial charge on any atom is -0.478 e. The molecule has 0 fully saturated rings. The molecule has 2 aromatic rings. The van der Waals surface area contributed by atoms with Gasteiger partial charge in [0.15, 0.2) is 0 Å². The van der Waals surface area contributed by atoms with Crippen LogP contribution in [-0.2, 0) is 0 Å². The van der Waals surface area contributed by atoms with Crippen LogP contribution in [0, 0.1) is 5.82 Å². The van der Waals surface area contributed by atoms with Crippen molar-refractivity contribution in [3.8, 4) is 11.5 Å². The molecule has 1 N–H and O–H groups in total. The predicted octanol–water partition coefficient (Wildman–Crippen LogP) is 4.04. The summed E-state index contributed by atoms with van der Waals surface area (Å²) in [5.41, 5.74) is -0.198. The summed E-state index contributed by atoms with van der Waals surface area (Å²) in [6.45, 7) is 0. The van der Waals surface area contributed by atoms with E-state index in [0.717, 1.165) is 11.0 Å². The standard InChI is InChI=1S/C14H11FO3S/c1-19-13-5-3-2-4-12(13)18-11-7-6-9(15)8-10(11)14(16)17/h2-8H,1H3,(H,16,17). The Bertz CT molecular complexity index is 613. The largest absolute Gasteiger partial charge is 0.478 e. The topological polar surface area (TPSA) is 46.5 Å². The lowest BCUT2D eigenvalue weighted by Crippen LogP contribution is -2.01. The Morgan fingerprint density at radius 1 is 1.21 bits per heavy atom. The van der Waals surface area contributed by atoms with Crippen molar-refractivity contribution in [1.29, 1.82) is 0 Å². The number of carbonyl (C=O) groups is 1. The number of halogens is 1. The fourth-order valence-electron chi connectivity index (χ4n) is 1.58. The second kappa shape index (κ2) is 5.75. The van der Waals surface area contributed by atoms with Crippen LogP contribution in [0.2, 0.25) is 0 Å². The lowest BCUT2D eigenvalue weighted by Gasteiger charge is -2.11. The minimum absolute atomic E-state index is 0.121. The van der Waals surface area contributed by atoms with E-state index in [1.807, 2.05) is 18.4 Å². The van der Waals surface area contributed by atoms with Gasteiger partial charge in [0, 0.05) is 4.90 Å². The molecule has 0 bridgehead atoms. The number of thioether (sulfide) groups is 1. The Morgan fingerprint density at radius 3 is 2.63 bits per heavy atom. The fraction of sp³-hybridized carbons (Fsp3) is 0.0714. The van der Waals surface area contributed by atoms with Gasteiger partial charge in [-0.1, -0.05) is 12.1 Å². The zero-order chi connectivity index (χ0) is 13.8. The molecular formula is C14H11FO3S. The molecule has 0 aliphatic carbocycles. The van der Waals surface area contributed by atoms with Gasteiger partial charge in [0.25, 0.3) is 0 Å². The van der Waals surface area contributed by atoms with Gasteiger partial charge >= 0.3 is 5.97 Å². The van der Waals surface area contributed by atoms with E-state index in [4.69, 9.17) is 9.84 Å². The third-order valence-corrected chi connectivity index (χ3v) is 3.24. The van der Waals surface area contributed by atoms with E-state index in [-0.39, 0.29) is 11.3 Å². The van der Waals surface area contributed by atoms with Gasteiger partial charge in [0.2, 0.25) is 0 Å². The van der Waals surface area contributed by atoms with E-state index in [1.165, 1.54) is 23.9 Å². The summed E-state index contributed by atoms with van der Waals surface area (Å²) in [5, 5.41) is 9.04. The summed E-state index contributed by atoms with van der Waals surface area (Å²) < 4.78 is 18.6. The molecule has 19 heavy (non-hydrogen) atoms.